The third-order valence-corrected chi connectivity index (χ3v) is 4.90. The van der Waals surface area contributed by atoms with Gasteiger partial charge in [0.2, 0.25) is 0 Å². The van der Waals surface area contributed by atoms with Crippen molar-refractivity contribution < 1.29 is 15.0 Å². The maximum Gasteiger partial charge on any atom is 0.263 e. The number of amides is 1. The molecule has 0 spiro atoms. The number of thiazole rings is 1. The fourth-order valence-corrected chi connectivity index (χ4v) is 3.30. The van der Waals surface area contributed by atoms with Gasteiger partial charge in [-0.25, -0.2) is 4.98 Å². The van der Waals surface area contributed by atoms with Crippen LogP contribution < -0.4 is 5.32 Å². The molecule has 0 fully saturated rings. The van der Waals surface area contributed by atoms with E-state index in [4.69, 9.17) is 5.11 Å². The highest BCUT2D eigenvalue weighted by molar-refractivity contribution is 7.22. The number of hydrogen-bond donors (Lipinski definition) is 3. The van der Waals surface area contributed by atoms with E-state index in [9.17, 15) is 9.90 Å². The summed E-state index contributed by atoms with van der Waals surface area (Å²) in [5.41, 5.74) is -0.648. The number of carbonyl (C=O) groups excluding carboxylic acids is 1. The molecule has 0 aliphatic rings. The number of nitrogens with zero attached hydrogens (tertiary/aromatic N) is 1. The van der Waals surface area contributed by atoms with E-state index in [1.807, 2.05) is 17.5 Å². The Labute approximate surface area is 124 Å². The van der Waals surface area contributed by atoms with Crippen molar-refractivity contribution in [2.45, 2.75) is 19.4 Å². The van der Waals surface area contributed by atoms with E-state index in [1.54, 1.807) is 18.3 Å². The second-order valence-electron chi connectivity index (χ2n) is 4.75. The van der Waals surface area contributed by atoms with Crippen molar-refractivity contribution in [2.24, 2.45) is 0 Å². The van der Waals surface area contributed by atoms with Gasteiger partial charge in [-0.3, -0.25) is 4.79 Å². The molecule has 108 valence electrons. The van der Waals surface area contributed by atoms with Crippen LogP contribution in [0.3, 0.4) is 0 Å². The predicted octanol–water partition coefficient (Wildman–Crippen LogP) is 1.65. The lowest BCUT2D eigenvalue weighted by atomic mass is 10.1. The second kappa shape index (κ2) is 6.01. The van der Waals surface area contributed by atoms with Crippen LogP contribution in [0.5, 0.6) is 0 Å². The fourth-order valence-electron chi connectivity index (χ4n) is 1.52. The molecular formula is C13H16N2O3S2. The summed E-state index contributed by atoms with van der Waals surface area (Å²) in [6, 6.07) is 3.90. The SMILES string of the molecule is Cc1nc(-c2cccs2)sc1C(=O)NCC(C)(O)CO. The lowest BCUT2D eigenvalue weighted by Crippen LogP contribution is -2.43. The minimum absolute atomic E-state index is 0.00594. The van der Waals surface area contributed by atoms with Crippen LogP contribution in [-0.4, -0.2) is 39.9 Å². The molecule has 20 heavy (non-hydrogen) atoms. The van der Waals surface area contributed by atoms with E-state index in [1.165, 1.54) is 18.3 Å². The van der Waals surface area contributed by atoms with E-state index >= 15 is 0 Å². The van der Waals surface area contributed by atoms with Crippen LogP contribution in [0.25, 0.3) is 9.88 Å². The van der Waals surface area contributed by atoms with Gasteiger partial charge in [-0.05, 0) is 25.3 Å². The van der Waals surface area contributed by atoms with Gasteiger partial charge in [-0.2, -0.15) is 0 Å². The summed E-state index contributed by atoms with van der Waals surface area (Å²) in [6.07, 6.45) is 0. The summed E-state index contributed by atoms with van der Waals surface area (Å²) in [4.78, 5) is 18.0. The van der Waals surface area contributed by atoms with Crippen LogP contribution in [0.1, 0.15) is 22.3 Å². The lowest BCUT2D eigenvalue weighted by molar-refractivity contribution is 0.00322. The first-order valence-corrected chi connectivity index (χ1v) is 7.75. The molecule has 3 N–H and O–H groups in total. The second-order valence-corrected chi connectivity index (χ2v) is 6.70. The molecule has 0 bridgehead atoms. The van der Waals surface area contributed by atoms with Crippen LogP contribution in [0, 0.1) is 6.92 Å². The fraction of sp³-hybridized carbons (Fsp3) is 0.385. The van der Waals surface area contributed by atoms with E-state index in [-0.39, 0.29) is 12.5 Å². The minimum atomic E-state index is -1.31. The Morgan fingerprint density at radius 1 is 1.55 bits per heavy atom. The van der Waals surface area contributed by atoms with Gasteiger partial charge in [0, 0.05) is 6.54 Å². The molecule has 0 saturated heterocycles. The molecule has 2 rings (SSSR count). The van der Waals surface area contributed by atoms with Gasteiger partial charge < -0.3 is 15.5 Å². The topological polar surface area (TPSA) is 82.5 Å². The van der Waals surface area contributed by atoms with Crippen molar-refractivity contribution >= 4 is 28.6 Å². The molecule has 0 radical (unpaired) electrons. The molecule has 2 heterocycles. The predicted molar refractivity (Wildman–Crippen MR) is 80.2 cm³/mol. The minimum Gasteiger partial charge on any atom is -0.393 e. The monoisotopic (exact) mass is 312 g/mol. The zero-order valence-corrected chi connectivity index (χ0v) is 12.8. The number of thiophene rings is 1. The highest BCUT2D eigenvalue weighted by atomic mass is 32.1. The van der Waals surface area contributed by atoms with E-state index in [0.29, 0.717) is 10.6 Å². The maximum absolute atomic E-state index is 12.1. The van der Waals surface area contributed by atoms with Gasteiger partial charge in [-0.15, -0.1) is 22.7 Å². The van der Waals surface area contributed by atoms with Gasteiger partial charge in [0.25, 0.3) is 5.91 Å². The quantitative estimate of drug-likeness (QED) is 0.784. The van der Waals surface area contributed by atoms with E-state index in [0.717, 1.165) is 9.88 Å². The Kier molecular flexibility index (Phi) is 4.54. The highest BCUT2D eigenvalue weighted by Gasteiger charge is 2.22. The molecule has 0 saturated carbocycles. The first-order chi connectivity index (χ1) is 9.43. The number of carbonyl (C=O) groups is 1. The average molecular weight is 312 g/mol. The summed E-state index contributed by atoms with van der Waals surface area (Å²) in [7, 11) is 0. The molecule has 1 atom stereocenters. The number of aromatic nitrogens is 1. The summed E-state index contributed by atoms with van der Waals surface area (Å²) in [6.45, 7) is 2.83. The van der Waals surface area contributed by atoms with Crippen LogP contribution in [0.2, 0.25) is 0 Å². The Morgan fingerprint density at radius 3 is 2.90 bits per heavy atom. The number of hydrogen-bond acceptors (Lipinski definition) is 6. The number of rotatable bonds is 5. The Hall–Kier alpha value is -1.28. The maximum atomic E-state index is 12.1. The zero-order chi connectivity index (χ0) is 14.8. The van der Waals surface area contributed by atoms with Crippen LogP contribution in [0.4, 0.5) is 0 Å². The van der Waals surface area contributed by atoms with Gasteiger partial charge in [-0.1, -0.05) is 6.07 Å². The van der Waals surface area contributed by atoms with Crippen LogP contribution >= 0.6 is 22.7 Å². The Morgan fingerprint density at radius 2 is 2.30 bits per heavy atom. The van der Waals surface area contributed by atoms with Crippen molar-refractivity contribution in [1.82, 2.24) is 10.3 Å². The third kappa shape index (κ3) is 3.43. The van der Waals surface area contributed by atoms with Crippen molar-refractivity contribution in [3.05, 3.63) is 28.1 Å². The summed E-state index contributed by atoms with van der Waals surface area (Å²) in [5, 5.41) is 24.0. The van der Waals surface area contributed by atoms with Crippen molar-refractivity contribution in [3.8, 4) is 9.88 Å². The molecule has 0 aromatic carbocycles. The van der Waals surface area contributed by atoms with Crippen LogP contribution in [0.15, 0.2) is 17.5 Å². The Balaban J connectivity index is 2.11. The average Bonchev–Trinajstić information content (AvgIpc) is 3.05. The first-order valence-electron chi connectivity index (χ1n) is 6.06. The van der Waals surface area contributed by atoms with E-state index in [2.05, 4.69) is 10.3 Å². The van der Waals surface area contributed by atoms with Gasteiger partial charge >= 0.3 is 0 Å². The molecule has 1 unspecified atom stereocenters. The van der Waals surface area contributed by atoms with Gasteiger partial charge in [0.05, 0.1) is 17.2 Å². The molecule has 1 amide bonds. The number of aliphatic hydroxyl groups excluding tert-OH is 1. The van der Waals surface area contributed by atoms with Crippen LogP contribution in [-0.2, 0) is 0 Å². The largest absolute Gasteiger partial charge is 0.393 e. The number of aliphatic hydroxyl groups is 2. The molecule has 7 heteroatoms. The zero-order valence-electron chi connectivity index (χ0n) is 11.2. The van der Waals surface area contributed by atoms with Gasteiger partial charge in [0.15, 0.2) is 0 Å². The smallest absolute Gasteiger partial charge is 0.263 e. The van der Waals surface area contributed by atoms with E-state index < -0.39 is 12.2 Å². The molecule has 0 aliphatic carbocycles. The summed E-state index contributed by atoms with van der Waals surface area (Å²) >= 11 is 2.90. The number of nitrogens with one attached hydrogen (secondary N) is 1. The highest BCUT2D eigenvalue weighted by Crippen LogP contribution is 2.30. The Bertz CT molecular complexity index is 591. The van der Waals surface area contributed by atoms with Crippen molar-refractivity contribution in [2.75, 3.05) is 13.2 Å². The third-order valence-electron chi connectivity index (χ3n) is 2.71. The van der Waals surface area contributed by atoms with Gasteiger partial charge in [0.1, 0.15) is 15.5 Å². The van der Waals surface area contributed by atoms with Crippen molar-refractivity contribution in [1.29, 1.82) is 0 Å². The lowest BCUT2D eigenvalue weighted by Gasteiger charge is -2.20. The normalized spacial score (nSPS) is 14.0. The summed E-state index contributed by atoms with van der Waals surface area (Å²) < 4.78 is 0. The number of aryl methyl sites for hydroxylation is 1. The molecule has 0 aliphatic heterocycles. The molecular weight excluding hydrogens is 296 g/mol. The van der Waals surface area contributed by atoms with Crippen molar-refractivity contribution in [3.63, 3.8) is 0 Å². The molecule has 2 aromatic rings. The molecule has 2 aromatic heterocycles. The standard InChI is InChI=1S/C13H16N2O3S2/c1-8-10(11(17)14-6-13(2,18)7-16)20-12(15-8)9-4-3-5-19-9/h3-5,16,18H,6-7H2,1-2H3,(H,14,17). The first kappa shape index (κ1) is 15.1. The molecule has 5 nitrogen and oxygen atoms in total. The summed E-state index contributed by atoms with van der Waals surface area (Å²) in [5.74, 6) is -0.281.